The van der Waals surface area contributed by atoms with Gasteiger partial charge in [-0.2, -0.15) is 5.10 Å². The van der Waals surface area contributed by atoms with E-state index in [1.54, 1.807) is 0 Å². The quantitative estimate of drug-likeness (QED) is 0.931. The van der Waals surface area contributed by atoms with Crippen LogP contribution >= 0.6 is 15.9 Å². The summed E-state index contributed by atoms with van der Waals surface area (Å²) in [6.07, 6.45) is 6.67. The van der Waals surface area contributed by atoms with E-state index in [4.69, 9.17) is 5.73 Å². The SMILES string of the molecule is CCc1nn(C)c(CC2(N)CCC(C)CC2)c1Br. The highest BCUT2D eigenvalue weighted by atomic mass is 79.9. The van der Waals surface area contributed by atoms with Crippen LogP contribution in [-0.2, 0) is 19.9 Å². The smallest absolute Gasteiger partial charge is 0.0766 e. The second-order valence-electron chi connectivity index (χ2n) is 5.91. The first-order valence-corrected chi connectivity index (χ1v) is 7.73. The maximum absolute atomic E-state index is 6.58. The van der Waals surface area contributed by atoms with Gasteiger partial charge >= 0.3 is 0 Å². The van der Waals surface area contributed by atoms with Gasteiger partial charge in [-0.15, -0.1) is 0 Å². The minimum Gasteiger partial charge on any atom is -0.325 e. The van der Waals surface area contributed by atoms with Crippen molar-refractivity contribution in [3.63, 3.8) is 0 Å². The Morgan fingerprint density at radius 1 is 1.44 bits per heavy atom. The van der Waals surface area contributed by atoms with Crippen LogP contribution in [-0.4, -0.2) is 15.3 Å². The molecule has 1 fully saturated rings. The zero-order chi connectivity index (χ0) is 13.3. The molecule has 0 atom stereocenters. The summed E-state index contributed by atoms with van der Waals surface area (Å²) in [7, 11) is 2.02. The molecule has 4 heteroatoms. The first kappa shape index (κ1) is 14.1. The van der Waals surface area contributed by atoms with Gasteiger partial charge in [-0.25, -0.2) is 0 Å². The number of aromatic nitrogens is 2. The van der Waals surface area contributed by atoms with Crippen molar-refractivity contribution < 1.29 is 0 Å². The molecule has 1 heterocycles. The Labute approximate surface area is 118 Å². The predicted octanol–water partition coefficient (Wildman–Crippen LogP) is 3.20. The second kappa shape index (κ2) is 5.33. The van der Waals surface area contributed by atoms with Gasteiger partial charge in [0.1, 0.15) is 0 Å². The molecule has 1 saturated carbocycles. The van der Waals surface area contributed by atoms with E-state index < -0.39 is 0 Å². The van der Waals surface area contributed by atoms with Crippen LogP contribution in [0.4, 0.5) is 0 Å². The van der Waals surface area contributed by atoms with E-state index in [1.807, 2.05) is 11.7 Å². The monoisotopic (exact) mass is 313 g/mol. The molecule has 0 aromatic carbocycles. The third kappa shape index (κ3) is 2.80. The lowest BCUT2D eigenvalue weighted by molar-refractivity contribution is 0.240. The Balaban J connectivity index is 2.16. The summed E-state index contributed by atoms with van der Waals surface area (Å²) in [5, 5.41) is 4.55. The van der Waals surface area contributed by atoms with Gasteiger partial charge in [-0.05, 0) is 54.0 Å². The number of hydrogen-bond donors (Lipinski definition) is 1. The highest BCUT2D eigenvalue weighted by molar-refractivity contribution is 9.10. The fourth-order valence-electron chi connectivity index (χ4n) is 2.86. The Morgan fingerprint density at radius 3 is 2.56 bits per heavy atom. The van der Waals surface area contributed by atoms with Gasteiger partial charge in [0.15, 0.2) is 0 Å². The third-order valence-corrected chi connectivity index (χ3v) is 5.21. The molecule has 1 aliphatic carbocycles. The summed E-state index contributed by atoms with van der Waals surface area (Å²) in [6.45, 7) is 4.46. The lowest BCUT2D eigenvalue weighted by atomic mass is 9.75. The normalized spacial score (nSPS) is 28.6. The van der Waals surface area contributed by atoms with Gasteiger partial charge in [-0.1, -0.05) is 13.8 Å². The van der Waals surface area contributed by atoms with Crippen LogP contribution in [0.5, 0.6) is 0 Å². The molecule has 102 valence electrons. The molecule has 3 nitrogen and oxygen atoms in total. The summed E-state index contributed by atoms with van der Waals surface area (Å²) in [5.41, 5.74) is 8.94. The van der Waals surface area contributed by atoms with E-state index >= 15 is 0 Å². The van der Waals surface area contributed by atoms with Crippen LogP contribution in [0.15, 0.2) is 4.47 Å². The lowest BCUT2D eigenvalue weighted by Crippen LogP contribution is -2.45. The van der Waals surface area contributed by atoms with Gasteiger partial charge in [0.25, 0.3) is 0 Å². The molecule has 1 aromatic rings. The summed E-state index contributed by atoms with van der Waals surface area (Å²) in [4.78, 5) is 0. The zero-order valence-electron chi connectivity index (χ0n) is 11.7. The van der Waals surface area contributed by atoms with E-state index in [0.717, 1.165) is 41.8 Å². The van der Waals surface area contributed by atoms with Crippen molar-refractivity contribution in [1.29, 1.82) is 0 Å². The average Bonchev–Trinajstić information content (AvgIpc) is 2.61. The minimum absolute atomic E-state index is 0.0339. The fraction of sp³-hybridized carbons (Fsp3) is 0.786. The van der Waals surface area contributed by atoms with Gasteiger partial charge < -0.3 is 5.73 Å². The third-order valence-electron chi connectivity index (χ3n) is 4.29. The van der Waals surface area contributed by atoms with Crippen molar-refractivity contribution in [2.45, 2.75) is 57.9 Å². The zero-order valence-corrected chi connectivity index (χ0v) is 13.3. The maximum Gasteiger partial charge on any atom is 0.0766 e. The highest BCUT2D eigenvalue weighted by Gasteiger charge is 2.32. The molecular weight excluding hydrogens is 290 g/mol. The topological polar surface area (TPSA) is 43.8 Å². The van der Waals surface area contributed by atoms with Crippen molar-refractivity contribution >= 4 is 15.9 Å². The Kier molecular flexibility index (Phi) is 4.17. The number of rotatable bonds is 3. The summed E-state index contributed by atoms with van der Waals surface area (Å²) < 4.78 is 3.16. The maximum atomic E-state index is 6.58. The van der Waals surface area contributed by atoms with Crippen LogP contribution < -0.4 is 5.73 Å². The van der Waals surface area contributed by atoms with Crippen LogP contribution in [0.2, 0.25) is 0 Å². The molecule has 0 amide bonds. The van der Waals surface area contributed by atoms with E-state index in [1.165, 1.54) is 18.5 Å². The molecule has 1 aromatic heterocycles. The number of aryl methyl sites for hydroxylation is 2. The number of hydrogen-bond acceptors (Lipinski definition) is 2. The number of halogens is 1. The fourth-order valence-corrected chi connectivity index (χ4v) is 3.62. The molecule has 1 aliphatic rings. The van der Waals surface area contributed by atoms with Gasteiger partial charge in [0.05, 0.1) is 15.9 Å². The largest absolute Gasteiger partial charge is 0.325 e. The standard InChI is InChI=1S/C14H24BrN3/c1-4-11-13(15)12(18(3)17-11)9-14(16)7-5-10(2)6-8-14/h10H,4-9,16H2,1-3H3. The van der Waals surface area contributed by atoms with Crippen LogP contribution in [0, 0.1) is 5.92 Å². The van der Waals surface area contributed by atoms with Crippen molar-refractivity contribution in [2.24, 2.45) is 18.7 Å². The first-order chi connectivity index (χ1) is 8.45. The highest BCUT2D eigenvalue weighted by Crippen LogP contribution is 2.34. The number of nitrogens with zero attached hydrogens (tertiary/aromatic N) is 2. The molecular formula is C14H24BrN3. The predicted molar refractivity (Wildman–Crippen MR) is 78.5 cm³/mol. The van der Waals surface area contributed by atoms with Crippen LogP contribution in [0.25, 0.3) is 0 Å². The molecule has 0 spiro atoms. The molecule has 0 bridgehead atoms. The Bertz CT molecular complexity index is 417. The molecule has 2 N–H and O–H groups in total. The van der Waals surface area contributed by atoms with Crippen LogP contribution in [0.3, 0.4) is 0 Å². The van der Waals surface area contributed by atoms with Crippen molar-refractivity contribution in [3.05, 3.63) is 15.9 Å². The van der Waals surface area contributed by atoms with Gasteiger partial charge in [0, 0.05) is 19.0 Å². The van der Waals surface area contributed by atoms with Crippen molar-refractivity contribution in [2.75, 3.05) is 0 Å². The van der Waals surface area contributed by atoms with E-state index in [-0.39, 0.29) is 5.54 Å². The van der Waals surface area contributed by atoms with E-state index in [9.17, 15) is 0 Å². The summed E-state index contributed by atoms with van der Waals surface area (Å²) >= 11 is 3.69. The Hall–Kier alpha value is -0.350. The van der Waals surface area contributed by atoms with Crippen LogP contribution in [0.1, 0.15) is 50.9 Å². The Morgan fingerprint density at radius 2 is 2.06 bits per heavy atom. The lowest BCUT2D eigenvalue weighted by Gasteiger charge is -2.36. The second-order valence-corrected chi connectivity index (χ2v) is 6.70. The summed E-state index contributed by atoms with van der Waals surface area (Å²) in [6, 6.07) is 0. The summed E-state index contributed by atoms with van der Waals surface area (Å²) in [5.74, 6) is 0.836. The first-order valence-electron chi connectivity index (χ1n) is 6.94. The molecule has 0 aliphatic heterocycles. The number of nitrogens with two attached hydrogens (primary N) is 1. The minimum atomic E-state index is -0.0339. The van der Waals surface area contributed by atoms with Gasteiger partial charge in [0.2, 0.25) is 0 Å². The molecule has 2 rings (SSSR count). The average molecular weight is 314 g/mol. The van der Waals surface area contributed by atoms with Crippen molar-refractivity contribution in [3.8, 4) is 0 Å². The molecule has 18 heavy (non-hydrogen) atoms. The van der Waals surface area contributed by atoms with Gasteiger partial charge in [-0.3, -0.25) is 4.68 Å². The van der Waals surface area contributed by atoms with E-state index in [2.05, 4.69) is 34.9 Å². The molecule has 0 saturated heterocycles. The molecule has 0 radical (unpaired) electrons. The van der Waals surface area contributed by atoms with E-state index in [0.29, 0.717) is 0 Å². The van der Waals surface area contributed by atoms with Crippen molar-refractivity contribution in [1.82, 2.24) is 9.78 Å². The molecule has 0 unspecified atom stereocenters.